The molecule has 5 nitrogen and oxygen atoms in total. The molecule has 0 amide bonds. The van der Waals surface area contributed by atoms with Crippen LogP contribution in [0.4, 0.5) is 11.6 Å². The van der Waals surface area contributed by atoms with Gasteiger partial charge in [0.05, 0.1) is 16.1 Å². The molecule has 0 spiro atoms. The van der Waals surface area contributed by atoms with E-state index in [1.54, 1.807) is 18.5 Å². The van der Waals surface area contributed by atoms with Gasteiger partial charge in [0.15, 0.2) is 5.82 Å². The Bertz CT molecular complexity index is 562. The van der Waals surface area contributed by atoms with Crippen LogP contribution in [0.1, 0.15) is 18.5 Å². The van der Waals surface area contributed by atoms with Gasteiger partial charge in [0.1, 0.15) is 5.82 Å². The number of nitrogens with two attached hydrogens (primary N) is 1. The van der Waals surface area contributed by atoms with Gasteiger partial charge in [-0.1, -0.05) is 29.3 Å². The van der Waals surface area contributed by atoms with Gasteiger partial charge in [-0.2, -0.15) is 0 Å². The largest absolute Gasteiger partial charge is 0.362 e. The summed E-state index contributed by atoms with van der Waals surface area (Å²) in [5, 5.41) is 3.99. The second-order valence-electron chi connectivity index (χ2n) is 3.95. The van der Waals surface area contributed by atoms with Crippen molar-refractivity contribution in [3.05, 3.63) is 46.2 Å². The highest BCUT2D eigenvalue weighted by Gasteiger charge is 2.12. The third-order valence-electron chi connectivity index (χ3n) is 2.60. The van der Waals surface area contributed by atoms with Gasteiger partial charge in [0.2, 0.25) is 0 Å². The number of nitrogens with one attached hydrogen (secondary N) is 2. The molecule has 1 unspecified atom stereocenters. The van der Waals surface area contributed by atoms with E-state index in [2.05, 4.69) is 20.7 Å². The maximum absolute atomic E-state index is 6.10. The molecular weight excluding hydrogens is 285 g/mol. The molecule has 0 aromatic carbocycles. The number of aromatic nitrogens is 2. The van der Waals surface area contributed by atoms with E-state index < -0.39 is 0 Å². The van der Waals surface area contributed by atoms with Crippen LogP contribution in [0.15, 0.2) is 30.6 Å². The van der Waals surface area contributed by atoms with Crippen molar-refractivity contribution in [2.45, 2.75) is 13.0 Å². The lowest BCUT2D eigenvalue weighted by molar-refractivity contribution is 0.866. The van der Waals surface area contributed by atoms with E-state index in [0.717, 1.165) is 5.56 Å². The Kier molecular flexibility index (Phi) is 4.42. The monoisotopic (exact) mass is 297 g/mol. The quantitative estimate of drug-likeness (QED) is 0.597. The lowest BCUT2D eigenvalue weighted by atomic mass is 10.1. The van der Waals surface area contributed by atoms with Crippen LogP contribution in [-0.2, 0) is 0 Å². The number of halogens is 2. The average Bonchev–Trinajstić information content (AvgIpc) is 2.42. The number of nitrogen functional groups attached to an aromatic ring is 1. The van der Waals surface area contributed by atoms with E-state index in [-0.39, 0.29) is 6.04 Å². The Morgan fingerprint density at radius 2 is 2.00 bits per heavy atom. The maximum Gasteiger partial charge on any atom is 0.161 e. The standard InChI is InChI=1S/C12H13Cl2N5/c1-7(8-3-2-4-16-6-8)17-11-9(13)5-10(14)12(18-11)19-15/h2-7H,15H2,1H3,(H2,17,18,19). The predicted octanol–water partition coefficient (Wildman–Crippen LogP) is 3.24. The smallest absolute Gasteiger partial charge is 0.161 e. The zero-order valence-electron chi connectivity index (χ0n) is 10.2. The number of pyridine rings is 2. The van der Waals surface area contributed by atoms with Crippen molar-refractivity contribution in [2.24, 2.45) is 5.84 Å². The third kappa shape index (κ3) is 3.26. The minimum atomic E-state index is 0.00509. The van der Waals surface area contributed by atoms with Gasteiger partial charge in [0.25, 0.3) is 0 Å². The molecule has 4 N–H and O–H groups in total. The summed E-state index contributed by atoms with van der Waals surface area (Å²) in [4.78, 5) is 8.30. The number of hydrogen-bond acceptors (Lipinski definition) is 5. The first kappa shape index (κ1) is 13.9. The molecule has 0 aliphatic heterocycles. The van der Waals surface area contributed by atoms with Crippen LogP contribution in [0, 0.1) is 0 Å². The Morgan fingerprint density at radius 1 is 1.26 bits per heavy atom. The fourth-order valence-corrected chi connectivity index (χ4v) is 2.06. The van der Waals surface area contributed by atoms with E-state index in [1.165, 1.54) is 0 Å². The number of hydrogen-bond donors (Lipinski definition) is 3. The highest BCUT2D eigenvalue weighted by molar-refractivity contribution is 6.37. The summed E-state index contributed by atoms with van der Waals surface area (Å²) in [6.07, 6.45) is 3.50. The van der Waals surface area contributed by atoms with Gasteiger partial charge >= 0.3 is 0 Å². The third-order valence-corrected chi connectivity index (χ3v) is 3.18. The minimum Gasteiger partial charge on any atom is -0.362 e. The van der Waals surface area contributed by atoms with Gasteiger partial charge in [-0.05, 0) is 24.6 Å². The number of nitrogens with zero attached hydrogens (tertiary/aromatic N) is 2. The fourth-order valence-electron chi connectivity index (χ4n) is 1.59. The zero-order valence-corrected chi connectivity index (χ0v) is 11.7. The summed E-state index contributed by atoms with van der Waals surface area (Å²) in [6.45, 7) is 1.99. The number of anilines is 2. The summed E-state index contributed by atoms with van der Waals surface area (Å²) < 4.78 is 0. The molecule has 2 aromatic rings. The fraction of sp³-hybridized carbons (Fsp3) is 0.167. The molecular formula is C12H13Cl2N5. The summed E-state index contributed by atoms with van der Waals surface area (Å²) >= 11 is 12.0. The Balaban J connectivity index is 2.24. The second-order valence-corrected chi connectivity index (χ2v) is 4.76. The van der Waals surface area contributed by atoms with E-state index in [0.29, 0.717) is 21.7 Å². The van der Waals surface area contributed by atoms with E-state index in [1.807, 2.05) is 19.1 Å². The Labute approximate surface area is 121 Å². The van der Waals surface area contributed by atoms with Crippen molar-refractivity contribution >= 4 is 34.8 Å². The molecule has 1 atom stereocenters. The molecule has 0 aliphatic rings. The average molecular weight is 298 g/mol. The molecule has 2 heterocycles. The van der Waals surface area contributed by atoms with Gasteiger partial charge < -0.3 is 10.7 Å². The summed E-state index contributed by atoms with van der Waals surface area (Å²) in [6, 6.07) is 5.43. The first-order valence-electron chi connectivity index (χ1n) is 5.61. The van der Waals surface area contributed by atoms with Crippen molar-refractivity contribution < 1.29 is 0 Å². The molecule has 2 aromatic heterocycles. The highest BCUT2D eigenvalue weighted by atomic mass is 35.5. The summed E-state index contributed by atoms with van der Waals surface area (Å²) in [5.74, 6) is 6.21. The normalized spacial score (nSPS) is 12.0. The number of rotatable bonds is 4. The lowest BCUT2D eigenvalue weighted by Crippen LogP contribution is -2.13. The molecule has 100 valence electrons. The number of hydrazine groups is 1. The van der Waals surface area contributed by atoms with E-state index >= 15 is 0 Å². The molecule has 0 saturated carbocycles. The second kappa shape index (κ2) is 6.06. The van der Waals surface area contributed by atoms with Crippen LogP contribution in [-0.4, -0.2) is 9.97 Å². The molecule has 0 bridgehead atoms. The molecule has 0 radical (unpaired) electrons. The summed E-state index contributed by atoms with van der Waals surface area (Å²) in [7, 11) is 0. The van der Waals surface area contributed by atoms with Crippen molar-refractivity contribution in [2.75, 3.05) is 10.7 Å². The van der Waals surface area contributed by atoms with Gasteiger partial charge in [-0.15, -0.1) is 0 Å². The van der Waals surface area contributed by atoms with Gasteiger partial charge in [-0.25, -0.2) is 10.8 Å². The van der Waals surface area contributed by atoms with Crippen LogP contribution in [0.5, 0.6) is 0 Å². The predicted molar refractivity (Wildman–Crippen MR) is 78.3 cm³/mol. The van der Waals surface area contributed by atoms with Crippen molar-refractivity contribution in [3.63, 3.8) is 0 Å². The molecule has 0 fully saturated rings. The lowest BCUT2D eigenvalue weighted by Gasteiger charge is -2.16. The molecule has 7 heteroatoms. The summed E-state index contributed by atoms with van der Waals surface area (Å²) in [5.41, 5.74) is 3.45. The Morgan fingerprint density at radius 3 is 2.63 bits per heavy atom. The van der Waals surface area contributed by atoms with Gasteiger partial charge in [-0.3, -0.25) is 4.98 Å². The molecule has 0 saturated heterocycles. The zero-order chi connectivity index (χ0) is 13.8. The first-order valence-corrected chi connectivity index (χ1v) is 6.36. The SMILES string of the molecule is CC(Nc1nc(NN)c(Cl)cc1Cl)c1cccnc1. The van der Waals surface area contributed by atoms with Crippen LogP contribution < -0.4 is 16.6 Å². The van der Waals surface area contributed by atoms with Crippen LogP contribution >= 0.6 is 23.2 Å². The van der Waals surface area contributed by atoms with Gasteiger partial charge in [0, 0.05) is 12.4 Å². The van der Waals surface area contributed by atoms with E-state index in [9.17, 15) is 0 Å². The van der Waals surface area contributed by atoms with E-state index in [4.69, 9.17) is 29.0 Å². The molecule has 19 heavy (non-hydrogen) atoms. The molecule has 0 aliphatic carbocycles. The van der Waals surface area contributed by atoms with Crippen molar-refractivity contribution in [3.8, 4) is 0 Å². The minimum absolute atomic E-state index is 0.00509. The topological polar surface area (TPSA) is 75.9 Å². The first-order chi connectivity index (χ1) is 9.11. The molecule has 2 rings (SSSR count). The van der Waals surface area contributed by atoms with Crippen molar-refractivity contribution in [1.82, 2.24) is 9.97 Å². The maximum atomic E-state index is 6.10. The Hall–Kier alpha value is -1.56. The highest BCUT2D eigenvalue weighted by Crippen LogP contribution is 2.30. The van der Waals surface area contributed by atoms with Crippen molar-refractivity contribution in [1.29, 1.82) is 0 Å². The van der Waals surface area contributed by atoms with Crippen LogP contribution in [0.2, 0.25) is 10.0 Å². The van der Waals surface area contributed by atoms with Crippen LogP contribution in [0.25, 0.3) is 0 Å². The van der Waals surface area contributed by atoms with Crippen LogP contribution in [0.3, 0.4) is 0 Å².